The summed E-state index contributed by atoms with van der Waals surface area (Å²) in [6, 6.07) is 3.50. The molecule has 1 aliphatic carbocycles. The van der Waals surface area contributed by atoms with Crippen molar-refractivity contribution < 1.29 is 27.5 Å². The quantitative estimate of drug-likeness (QED) is 0.815. The van der Waals surface area contributed by atoms with Gasteiger partial charge in [0.05, 0.1) is 30.2 Å². The van der Waals surface area contributed by atoms with E-state index >= 15 is 0 Å². The van der Waals surface area contributed by atoms with Gasteiger partial charge in [0, 0.05) is 6.04 Å². The first-order chi connectivity index (χ1) is 10.9. The van der Waals surface area contributed by atoms with E-state index in [2.05, 4.69) is 14.2 Å². The standard InChI is InChI=1S/C15H19NO6S/c1-21-14(17)10-7-11(15(18)22-2)9-13(8-10)23(19,20)16-12-5-3-4-6-12/h7-9,12,16H,3-6H2,1-2H3. The summed E-state index contributed by atoms with van der Waals surface area (Å²) in [4.78, 5) is 23.3. The van der Waals surface area contributed by atoms with Crippen LogP contribution >= 0.6 is 0 Å². The number of rotatable bonds is 5. The Hall–Kier alpha value is -1.93. The Bertz CT molecular complexity index is 672. The fourth-order valence-electron chi connectivity index (χ4n) is 2.56. The summed E-state index contributed by atoms with van der Waals surface area (Å²) in [7, 11) is -1.48. The van der Waals surface area contributed by atoms with Crippen molar-refractivity contribution in [3.8, 4) is 0 Å². The molecule has 0 aliphatic heterocycles. The van der Waals surface area contributed by atoms with E-state index in [1.165, 1.54) is 32.4 Å². The molecule has 8 heteroatoms. The van der Waals surface area contributed by atoms with E-state index < -0.39 is 22.0 Å². The predicted octanol–water partition coefficient (Wildman–Crippen LogP) is 1.48. The highest BCUT2D eigenvalue weighted by Crippen LogP contribution is 2.22. The van der Waals surface area contributed by atoms with Crippen molar-refractivity contribution in [1.82, 2.24) is 4.72 Å². The third-order valence-corrected chi connectivity index (χ3v) is 5.24. The summed E-state index contributed by atoms with van der Waals surface area (Å²) in [5.41, 5.74) is -0.0515. The molecule has 0 radical (unpaired) electrons. The number of carbonyl (C=O) groups excluding carboxylic acids is 2. The number of carbonyl (C=O) groups is 2. The zero-order valence-electron chi connectivity index (χ0n) is 13.0. The van der Waals surface area contributed by atoms with Gasteiger partial charge in [-0.3, -0.25) is 0 Å². The van der Waals surface area contributed by atoms with Gasteiger partial charge in [0.1, 0.15) is 0 Å². The van der Waals surface area contributed by atoms with Gasteiger partial charge in [0.15, 0.2) is 0 Å². The van der Waals surface area contributed by atoms with Gasteiger partial charge < -0.3 is 9.47 Å². The lowest BCUT2D eigenvalue weighted by Gasteiger charge is -2.14. The zero-order valence-corrected chi connectivity index (χ0v) is 13.8. The van der Waals surface area contributed by atoms with Gasteiger partial charge in [0.25, 0.3) is 0 Å². The largest absolute Gasteiger partial charge is 0.465 e. The van der Waals surface area contributed by atoms with Gasteiger partial charge in [0.2, 0.25) is 10.0 Å². The van der Waals surface area contributed by atoms with E-state index in [0.29, 0.717) is 0 Å². The smallest absolute Gasteiger partial charge is 0.337 e. The fourth-order valence-corrected chi connectivity index (χ4v) is 3.93. The summed E-state index contributed by atoms with van der Waals surface area (Å²) in [5, 5.41) is 0. The van der Waals surface area contributed by atoms with E-state index in [0.717, 1.165) is 25.7 Å². The summed E-state index contributed by atoms with van der Waals surface area (Å²) in [5.74, 6) is -1.46. The predicted molar refractivity (Wildman–Crippen MR) is 81.7 cm³/mol. The summed E-state index contributed by atoms with van der Waals surface area (Å²) >= 11 is 0. The minimum absolute atomic E-state index is 0.0257. The molecule has 0 atom stereocenters. The SMILES string of the molecule is COC(=O)c1cc(C(=O)OC)cc(S(=O)(=O)NC2CCCC2)c1. The maximum atomic E-state index is 12.5. The van der Waals surface area contributed by atoms with Crippen molar-refractivity contribution in [2.45, 2.75) is 36.6 Å². The average molecular weight is 341 g/mol. The van der Waals surface area contributed by atoms with Gasteiger partial charge in [-0.05, 0) is 31.0 Å². The number of ether oxygens (including phenoxy) is 2. The Kier molecular flexibility index (Phi) is 5.38. The second-order valence-electron chi connectivity index (χ2n) is 5.33. The molecular weight excluding hydrogens is 322 g/mol. The number of methoxy groups -OCH3 is 2. The van der Waals surface area contributed by atoms with Gasteiger partial charge in [-0.1, -0.05) is 12.8 Å². The van der Waals surface area contributed by atoms with Crippen molar-refractivity contribution in [3.63, 3.8) is 0 Å². The monoisotopic (exact) mass is 341 g/mol. The van der Waals surface area contributed by atoms with E-state index in [4.69, 9.17) is 0 Å². The first-order valence-corrected chi connectivity index (χ1v) is 8.69. The molecule has 1 aromatic carbocycles. The molecule has 7 nitrogen and oxygen atoms in total. The molecule has 0 saturated heterocycles. The first kappa shape index (κ1) is 17.4. The Morgan fingerprint density at radius 2 is 1.48 bits per heavy atom. The average Bonchev–Trinajstić information content (AvgIpc) is 3.05. The van der Waals surface area contributed by atoms with E-state index in [9.17, 15) is 18.0 Å². The van der Waals surface area contributed by atoms with Crippen LogP contribution in [0.15, 0.2) is 23.1 Å². The molecule has 1 aliphatic rings. The minimum Gasteiger partial charge on any atom is -0.465 e. The van der Waals surface area contributed by atoms with Gasteiger partial charge in [-0.15, -0.1) is 0 Å². The summed E-state index contributed by atoms with van der Waals surface area (Å²) in [6.07, 6.45) is 3.51. The van der Waals surface area contributed by atoms with Crippen molar-refractivity contribution in [1.29, 1.82) is 0 Å². The second-order valence-corrected chi connectivity index (χ2v) is 7.05. The molecule has 23 heavy (non-hydrogen) atoms. The summed E-state index contributed by atoms with van der Waals surface area (Å²) < 4.78 is 36.8. The Balaban J connectivity index is 2.42. The molecule has 0 amide bonds. The molecule has 0 spiro atoms. The van der Waals surface area contributed by atoms with Crippen LogP contribution in [-0.2, 0) is 19.5 Å². The number of sulfonamides is 1. The molecule has 1 saturated carbocycles. The Morgan fingerprint density at radius 1 is 1.00 bits per heavy atom. The molecule has 2 rings (SSSR count). The number of nitrogens with one attached hydrogen (secondary N) is 1. The van der Waals surface area contributed by atoms with Gasteiger partial charge in [-0.25, -0.2) is 22.7 Å². The van der Waals surface area contributed by atoms with Crippen LogP contribution in [0.3, 0.4) is 0 Å². The maximum Gasteiger partial charge on any atom is 0.337 e. The molecule has 1 aromatic rings. The van der Waals surface area contributed by atoms with Crippen LogP contribution in [0.1, 0.15) is 46.4 Å². The lowest BCUT2D eigenvalue weighted by molar-refractivity contribution is 0.0598. The number of hydrogen-bond acceptors (Lipinski definition) is 6. The maximum absolute atomic E-state index is 12.5. The third-order valence-electron chi connectivity index (χ3n) is 3.74. The van der Waals surface area contributed by atoms with Crippen molar-refractivity contribution in [3.05, 3.63) is 29.3 Å². The summed E-state index contributed by atoms with van der Waals surface area (Å²) in [6.45, 7) is 0. The van der Waals surface area contributed by atoms with Gasteiger partial charge >= 0.3 is 11.9 Å². The lowest BCUT2D eigenvalue weighted by atomic mass is 10.1. The molecule has 1 fully saturated rings. The molecule has 0 unspecified atom stereocenters. The Morgan fingerprint density at radius 3 is 1.91 bits per heavy atom. The highest BCUT2D eigenvalue weighted by atomic mass is 32.2. The van der Waals surface area contributed by atoms with Crippen LogP contribution < -0.4 is 4.72 Å². The zero-order chi connectivity index (χ0) is 17.0. The second kappa shape index (κ2) is 7.10. The van der Waals surface area contributed by atoms with Crippen LogP contribution in [0.5, 0.6) is 0 Å². The van der Waals surface area contributed by atoms with E-state index in [1.807, 2.05) is 0 Å². The Labute approximate surface area is 135 Å². The molecule has 0 bridgehead atoms. The fraction of sp³-hybridized carbons (Fsp3) is 0.467. The number of hydrogen-bond donors (Lipinski definition) is 1. The molecule has 1 N–H and O–H groups in total. The van der Waals surface area contributed by atoms with Gasteiger partial charge in [-0.2, -0.15) is 0 Å². The number of esters is 2. The highest BCUT2D eigenvalue weighted by molar-refractivity contribution is 7.89. The third kappa shape index (κ3) is 4.08. The van der Waals surface area contributed by atoms with Crippen LogP contribution in [0.4, 0.5) is 0 Å². The topological polar surface area (TPSA) is 98.8 Å². The van der Waals surface area contributed by atoms with Crippen LogP contribution in [-0.4, -0.2) is 40.6 Å². The van der Waals surface area contributed by atoms with Crippen LogP contribution in [0.25, 0.3) is 0 Å². The van der Waals surface area contributed by atoms with Crippen molar-refractivity contribution >= 4 is 22.0 Å². The van der Waals surface area contributed by atoms with Crippen molar-refractivity contribution in [2.24, 2.45) is 0 Å². The molecule has 0 heterocycles. The minimum atomic E-state index is -3.84. The van der Waals surface area contributed by atoms with E-state index in [-0.39, 0.29) is 22.1 Å². The molecule has 0 aromatic heterocycles. The first-order valence-electron chi connectivity index (χ1n) is 7.21. The number of benzene rings is 1. The molecular formula is C15H19NO6S. The normalized spacial score (nSPS) is 15.4. The van der Waals surface area contributed by atoms with Crippen molar-refractivity contribution in [2.75, 3.05) is 14.2 Å². The van der Waals surface area contributed by atoms with Crippen LogP contribution in [0.2, 0.25) is 0 Å². The highest BCUT2D eigenvalue weighted by Gasteiger charge is 2.25. The van der Waals surface area contributed by atoms with E-state index in [1.54, 1.807) is 0 Å². The lowest BCUT2D eigenvalue weighted by Crippen LogP contribution is -2.33. The molecule has 126 valence electrons. The van der Waals surface area contributed by atoms with Crippen LogP contribution in [0, 0.1) is 0 Å².